The van der Waals surface area contributed by atoms with Crippen LogP contribution < -0.4 is 5.43 Å². The van der Waals surface area contributed by atoms with Gasteiger partial charge in [0.25, 0.3) is 0 Å². The third kappa shape index (κ3) is 6.99. The minimum Gasteiger partial charge on any atom is -0.466 e. The quantitative estimate of drug-likeness (QED) is 0.394. The van der Waals surface area contributed by atoms with Crippen LogP contribution in [0.3, 0.4) is 0 Å². The molecule has 0 saturated heterocycles. The lowest BCUT2D eigenvalue weighted by molar-refractivity contribution is -0.141. The van der Waals surface area contributed by atoms with Gasteiger partial charge in [0.05, 0.1) is 13.0 Å². The van der Waals surface area contributed by atoms with Crippen LogP contribution in [0, 0.1) is 0 Å². The van der Waals surface area contributed by atoms with Gasteiger partial charge in [-0.3, -0.25) is 9.59 Å². The number of amides is 1. The minimum absolute atomic E-state index is 0.105. The van der Waals surface area contributed by atoms with Gasteiger partial charge < -0.3 is 4.74 Å². The Bertz CT molecular complexity index is 223. The van der Waals surface area contributed by atoms with Gasteiger partial charge in [-0.1, -0.05) is 0 Å². The van der Waals surface area contributed by atoms with Crippen molar-refractivity contribution in [3.8, 4) is 0 Å². The van der Waals surface area contributed by atoms with Gasteiger partial charge in [-0.05, 0) is 13.8 Å². The summed E-state index contributed by atoms with van der Waals surface area (Å²) in [6.45, 7) is 5.08. The summed E-state index contributed by atoms with van der Waals surface area (Å²) in [7, 11) is 0. The Labute approximate surface area is 77.1 Å². The van der Waals surface area contributed by atoms with E-state index in [9.17, 15) is 9.59 Å². The number of rotatable bonds is 4. The summed E-state index contributed by atoms with van der Waals surface area (Å²) in [5.41, 5.74) is 2.76. The van der Waals surface area contributed by atoms with E-state index in [2.05, 4.69) is 15.3 Å². The largest absolute Gasteiger partial charge is 0.466 e. The summed E-state index contributed by atoms with van der Waals surface area (Å²) in [6.07, 6.45) is 0.105. The molecule has 0 saturated carbocycles. The van der Waals surface area contributed by atoms with Crippen LogP contribution in [0.2, 0.25) is 0 Å². The fourth-order valence-electron chi connectivity index (χ4n) is 0.635. The summed E-state index contributed by atoms with van der Waals surface area (Å²) >= 11 is 0. The Kier molecular flexibility index (Phi) is 5.50. The molecule has 0 aliphatic carbocycles. The zero-order chi connectivity index (χ0) is 10.3. The molecule has 1 N–H and O–H groups in total. The van der Waals surface area contributed by atoms with E-state index in [0.717, 1.165) is 0 Å². The highest BCUT2D eigenvalue weighted by Gasteiger charge is 2.03. The van der Waals surface area contributed by atoms with Gasteiger partial charge in [0.1, 0.15) is 0 Å². The fraction of sp³-hybridized carbons (Fsp3) is 0.625. The Hall–Kier alpha value is -1.39. The maximum atomic E-state index is 10.9. The van der Waals surface area contributed by atoms with Crippen LogP contribution in [0.15, 0.2) is 5.10 Å². The molecule has 0 aliphatic heterocycles. The molecule has 5 heteroatoms. The molecular weight excluding hydrogens is 172 g/mol. The van der Waals surface area contributed by atoms with Crippen molar-refractivity contribution in [1.29, 1.82) is 0 Å². The number of nitrogens with one attached hydrogen (secondary N) is 1. The summed E-state index contributed by atoms with van der Waals surface area (Å²) < 4.78 is 4.69. The molecule has 74 valence electrons. The number of ether oxygens (including phenoxy) is 1. The lowest BCUT2D eigenvalue weighted by atomic mass is 10.3. The molecule has 0 bridgehead atoms. The van der Waals surface area contributed by atoms with Crippen LogP contribution in [-0.4, -0.2) is 24.2 Å². The summed E-state index contributed by atoms with van der Waals surface area (Å²) in [4.78, 5) is 21.3. The molecule has 0 aromatic carbocycles. The van der Waals surface area contributed by atoms with Crippen LogP contribution in [0.1, 0.15) is 27.2 Å². The van der Waals surface area contributed by atoms with Gasteiger partial charge in [-0.15, -0.1) is 0 Å². The molecule has 1 amide bonds. The van der Waals surface area contributed by atoms with Crippen molar-refractivity contribution >= 4 is 17.6 Å². The highest BCUT2D eigenvalue weighted by molar-refractivity contribution is 5.97. The lowest BCUT2D eigenvalue weighted by Gasteiger charge is -2.00. The van der Waals surface area contributed by atoms with Crippen molar-refractivity contribution in [3.05, 3.63) is 0 Å². The molecule has 0 spiro atoms. The highest BCUT2D eigenvalue weighted by atomic mass is 16.5. The van der Waals surface area contributed by atoms with Crippen molar-refractivity contribution in [2.24, 2.45) is 5.10 Å². The van der Waals surface area contributed by atoms with Gasteiger partial charge >= 0.3 is 5.97 Å². The number of nitrogens with zero attached hydrogens (tertiary/aromatic N) is 1. The predicted molar refractivity (Wildman–Crippen MR) is 48.2 cm³/mol. The second kappa shape index (κ2) is 6.16. The van der Waals surface area contributed by atoms with E-state index in [-0.39, 0.29) is 18.3 Å². The second-order valence-electron chi connectivity index (χ2n) is 2.50. The van der Waals surface area contributed by atoms with Gasteiger partial charge in [0.15, 0.2) is 0 Å². The van der Waals surface area contributed by atoms with E-state index in [1.165, 1.54) is 6.92 Å². The van der Waals surface area contributed by atoms with Gasteiger partial charge in [-0.25, -0.2) is 5.43 Å². The van der Waals surface area contributed by atoms with Crippen LogP contribution in [0.25, 0.3) is 0 Å². The monoisotopic (exact) mass is 186 g/mol. The summed E-state index contributed by atoms with van der Waals surface area (Å²) in [5.74, 6) is -0.600. The molecule has 0 fully saturated rings. The molecular formula is C8H14N2O3. The Morgan fingerprint density at radius 2 is 2.00 bits per heavy atom. The summed E-state index contributed by atoms with van der Waals surface area (Å²) in [5, 5.41) is 3.66. The summed E-state index contributed by atoms with van der Waals surface area (Å²) in [6, 6.07) is 0. The second-order valence-corrected chi connectivity index (χ2v) is 2.50. The van der Waals surface area contributed by atoms with Gasteiger partial charge in [0.2, 0.25) is 5.91 Å². The molecule has 0 heterocycles. The molecule has 0 unspecified atom stereocenters. The van der Waals surface area contributed by atoms with Crippen LogP contribution in [0.5, 0.6) is 0 Å². The average Bonchev–Trinajstić information content (AvgIpc) is 2.01. The standard InChI is InChI=1S/C8H14N2O3/c1-4-13-8(12)5-6(2)9-10-7(3)11/h4-5H2,1-3H3,(H,10,11). The Morgan fingerprint density at radius 1 is 1.38 bits per heavy atom. The smallest absolute Gasteiger partial charge is 0.311 e. The van der Waals surface area contributed by atoms with Crippen molar-refractivity contribution in [3.63, 3.8) is 0 Å². The molecule has 5 nitrogen and oxygen atoms in total. The van der Waals surface area contributed by atoms with Crippen molar-refractivity contribution < 1.29 is 14.3 Å². The first-order valence-corrected chi connectivity index (χ1v) is 4.01. The topological polar surface area (TPSA) is 67.8 Å². The van der Waals surface area contributed by atoms with Crippen LogP contribution in [-0.2, 0) is 14.3 Å². The van der Waals surface area contributed by atoms with Gasteiger partial charge in [0, 0.05) is 12.6 Å². The SMILES string of the molecule is CCOC(=O)CC(C)=NNC(C)=O. The van der Waals surface area contributed by atoms with Crippen LogP contribution >= 0.6 is 0 Å². The minimum atomic E-state index is -0.339. The Morgan fingerprint density at radius 3 is 2.46 bits per heavy atom. The van der Waals surface area contributed by atoms with E-state index < -0.39 is 0 Å². The molecule has 0 rings (SSSR count). The van der Waals surface area contributed by atoms with E-state index >= 15 is 0 Å². The number of hydrogen-bond acceptors (Lipinski definition) is 4. The third-order valence-corrected chi connectivity index (χ3v) is 1.11. The van der Waals surface area contributed by atoms with E-state index in [0.29, 0.717) is 12.3 Å². The number of hydrazone groups is 1. The number of hydrogen-bond donors (Lipinski definition) is 1. The number of esters is 1. The fourth-order valence-corrected chi connectivity index (χ4v) is 0.635. The van der Waals surface area contributed by atoms with Gasteiger partial charge in [-0.2, -0.15) is 5.10 Å². The predicted octanol–water partition coefficient (Wildman–Crippen LogP) is 0.452. The van der Waals surface area contributed by atoms with Crippen molar-refractivity contribution in [2.45, 2.75) is 27.2 Å². The third-order valence-electron chi connectivity index (χ3n) is 1.11. The van der Waals surface area contributed by atoms with E-state index in [4.69, 9.17) is 0 Å². The molecule has 0 aromatic heterocycles. The number of carbonyl (C=O) groups excluding carboxylic acids is 2. The zero-order valence-corrected chi connectivity index (χ0v) is 8.09. The molecule has 13 heavy (non-hydrogen) atoms. The molecule has 0 atom stereocenters. The molecule has 0 aromatic rings. The van der Waals surface area contributed by atoms with E-state index in [1.54, 1.807) is 13.8 Å². The number of carbonyl (C=O) groups is 2. The first-order chi connectivity index (χ1) is 6.06. The maximum absolute atomic E-state index is 10.9. The maximum Gasteiger partial charge on any atom is 0.311 e. The first kappa shape index (κ1) is 11.6. The van der Waals surface area contributed by atoms with E-state index in [1.807, 2.05) is 0 Å². The average molecular weight is 186 g/mol. The van der Waals surface area contributed by atoms with Crippen molar-refractivity contribution in [2.75, 3.05) is 6.61 Å². The van der Waals surface area contributed by atoms with Crippen molar-refractivity contribution in [1.82, 2.24) is 5.43 Å². The molecule has 0 radical (unpaired) electrons. The van der Waals surface area contributed by atoms with Crippen LogP contribution in [0.4, 0.5) is 0 Å². The lowest BCUT2D eigenvalue weighted by Crippen LogP contribution is -2.17. The highest BCUT2D eigenvalue weighted by Crippen LogP contribution is 1.89. The molecule has 0 aliphatic rings. The Balaban J connectivity index is 3.84. The normalized spacial score (nSPS) is 10.8. The zero-order valence-electron chi connectivity index (χ0n) is 8.09. The first-order valence-electron chi connectivity index (χ1n) is 4.01.